The van der Waals surface area contributed by atoms with Gasteiger partial charge in [0.25, 0.3) is 10.0 Å². The smallest absolute Gasteiger partial charge is 0.268 e. The number of hydrogen-bond acceptors (Lipinski definition) is 7. The second kappa shape index (κ2) is 10.6. The van der Waals surface area contributed by atoms with E-state index in [2.05, 4.69) is 0 Å². The molecule has 2 saturated heterocycles. The maximum absolute atomic E-state index is 13.3. The third kappa shape index (κ3) is 4.89. The Labute approximate surface area is 221 Å². The molecule has 6 rings (SSSR count). The summed E-state index contributed by atoms with van der Waals surface area (Å²) in [6.07, 6.45) is -0.347. The first kappa shape index (κ1) is 25.2. The molecule has 1 aromatic heterocycles. The number of fused-ring (bicyclic) bond motifs is 2. The highest BCUT2D eigenvalue weighted by Crippen LogP contribution is 2.34. The summed E-state index contributed by atoms with van der Waals surface area (Å²) in [6.45, 7) is 0.578. The van der Waals surface area contributed by atoms with Crippen LogP contribution in [0.25, 0.3) is 10.9 Å². The van der Waals surface area contributed by atoms with E-state index in [1.165, 1.54) is 3.97 Å². The number of rotatable bonds is 7. The minimum atomic E-state index is -3.75. The SMILES string of the molecule is O=S(=O)(c1ccccc1)n1cc(CCO[C@@H]2O[C@@H]3COC(c4ccccc4)O[C@H]3C[C@H]2O)c2ccccc21. The number of para-hydroxylation sites is 1. The fourth-order valence-corrected chi connectivity index (χ4v) is 6.48. The van der Waals surface area contributed by atoms with E-state index < -0.39 is 28.7 Å². The van der Waals surface area contributed by atoms with Crippen LogP contribution in [0.15, 0.2) is 96.0 Å². The summed E-state index contributed by atoms with van der Waals surface area (Å²) in [5.74, 6) is 0. The second-order valence-electron chi connectivity index (χ2n) is 9.50. The van der Waals surface area contributed by atoms with E-state index in [0.29, 0.717) is 25.0 Å². The summed E-state index contributed by atoms with van der Waals surface area (Å²) in [6, 6.07) is 25.4. The van der Waals surface area contributed by atoms with Crippen LogP contribution in [0.5, 0.6) is 0 Å². The van der Waals surface area contributed by atoms with Crippen molar-refractivity contribution in [3.8, 4) is 0 Å². The Morgan fingerprint density at radius 1 is 0.895 bits per heavy atom. The van der Waals surface area contributed by atoms with Gasteiger partial charge in [0.15, 0.2) is 12.6 Å². The van der Waals surface area contributed by atoms with Crippen LogP contribution in [0.3, 0.4) is 0 Å². The number of aliphatic hydroxyl groups is 1. The van der Waals surface area contributed by atoms with Gasteiger partial charge in [-0.25, -0.2) is 12.4 Å². The molecule has 0 amide bonds. The second-order valence-corrected chi connectivity index (χ2v) is 11.3. The molecule has 2 aliphatic rings. The summed E-state index contributed by atoms with van der Waals surface area (Å²) in [4.78, 5) is 0.225. The average molecular weight is 536 g/mol. The van der Waals surface area contributed by atoms with Gasteiger partial charge in [-0.15, -0.1) is 0 Å². The Hall–Kier alpha value is -3.05. The molecular weight excluding hydrogens is 506 g/mol. The first-order chi connectivity index (χ1) is 18.5. The van der Waals surface area contributed by atoms with Crippen LogP contribution in [0.2, 0.25) is 0 Å². The highest BCUT2D eigenvalue weighted by Gasteiger charge is 2.43. The molecule has 0 aliphatic carbocycles. The molecule has 2 fully saturated rings. The molecule has 9 heteroatoms. The molecule has 0 saturated carbocycles. The minimum Gasteiger partial charge on any atom is -0.388 e. The maximum atomic E-state index is 13.3. The molecule has 3 heterocycles. The van der Waals surface area contributed by atoms with Gasteiger partial charge in [0, 0.05) is 23.6 Å². The van der Waals surface area contributed by atoms with Crippen LogP contribution in [-0.4, -0.2) is 55.3 Å². The lowest BCUT2D eigenvalue weighted by molar-refractivity contribution is -0.336. The van der Waals surface area contributed by atoms with Crippen LogP contribution >= 0.6 is 0 Å². The van der Waals surface area contributed by atoms with Gasteiger partial charge < -0.3 is 24.1 Å². The van der Waals surface area contributed by atoms with Gasteiger partial charge in [0.1, 0.15) is 12.2 Å². The Morgan fingerprint density at radius 3 is 2.39 bits per heavy atom. The zero-order valence-electron chi connectivity index (χ0n) is 20.6. The molecule has 3 aromatic carbocycles. The maximum Gasteiger partial charge on any atom is 0.268 e. The number of aliphatic hydroxyl groups excluding tert-OH is 1. The molecule has 1 unspecified atom stereocenters. The lowest BCUT2D eigenvalue weighted by atomic mass is 10.0. The highest BCUT2D eigenvalue weighted by molar-refractivity contribution is 7.90. The number of hydrogen-bond donors (Lipinski definition) is 1. The number of benzene rings is 3. The largest absolute Gasteiger partial charge is 0.388 e. The molecule has 2 aliphatic heterocycles. The van der Waals surface area contributed by atoms with Crippen LogP contribution in [0, 0.1) is 0 Å². The van der Waals surface area contributed by atoms with E-state index >= 15 is 0 Å². The molecule has 0 radical (unpaired) electrons. The fourth-order valence-electron chi connectivity index (χ4n) is 5.06. The zero-order chi connectivity index (χ0) is 26.1. The van der Waals surface area contributed by atoms with Crippen LogP contribution in [-0.2, 0) is 35.4 Å². The Bertz CT molecular complexity index is 1490. The van der Waals surface area contributed by atoms with E-state index in [-0.39, 0.29) is 23.7 Å². The van der Waals surface area contributed by atoms with Gasteiger partial charge in [-0.05, 0) is 30.2 Å². The molecular formula is C29H29NO7S. The van der Waals surface area contributed by atoms with Gasteiger partial charge >= 0.3 is 0 Å². The van der Waals surface area contributed by atoms with Crippen molar-refractivity contribution in [2.75, 3.05) is 13.2 Å². The molecule has 0 bridgehead atoms. The van der Waals surface area contributed by atoms with E-state index in [0.717, 1.165) is 16.5 Å². The molecule has 38 heavy (non-hydrogen) atoms. The lowest BCUT2D eigenvalue weighted by Crippen LogP contribution is -2.53. The average Bonchev–Trinajstić information content (AvgIpc) is 3.33. The standard InChI is InChI=1S/C29H29NO7S/c31-25-17-26-27(19-35-28(36-26)20-9-3-1-4-10-20)37-29(25)34-16-15-21-18-30(24-14-8-7-13-23(21)24)38(32,33)22-11-5-2-6-12-22/h1-14,18,25-29,31H,15-17,19H2/t25-,26+,27-,28?,29-/m1/s1. The molecule has 4 aromatic rings. The first-order valence-corrected chi connectivity index (χ1v) is 14.1. The van der Waals surface area contributed by atoms with Crippen molar-refractivity contribution in [2.24, 2.45) is 0 Å². The van der Waals surface area contributed by atoms with Gasteiger partial charge in [-0.2, -0.15) is 0 Å². The van der Waals surface area contributed by atoms with Gasteiger partial charge in [-0.3, -0.25) is 0 Å². The van der Waals surface area contributed by atoms with Crippen molar-refractivity contribution in [3.63, 3.8) is 0 Å². The van der Waals surface area contributed by atoms with E-state index in [4.69, 9.17) is 18.9 Å². The van der Waals surface area contributed by atoms with Gasteiger partial charge in [0.2, 0.25) is 0 Å². The van der Waals surface area contributed by atoms with Crippen molar-refractivity contribution < 1.29 is 32.5 Å². The van der Waals surface area contributed by atoms with Crippen molar-refractivity contribution in [3.05, 3.63) is 102 Å². The summed E-state index contributed by atoms with van der Waals surface area (Å²) in [5.41, 5.74) is 2.36. The minimum absolute atomic E-state index is 0.225. The first-order valence-electron chi connectivity index (χ1n) is 12.7. The summed E-state index contributed by atoms with van der Waals surface area (Å²) >= 11 is 0. The van der Waals surface area contributed by atoms with E-state index in [1.54, 1.807) is 42.6 Å². The normalized spacial score (nSPS) is 25.8. The Kier molecular flexibility index (Phi) is 7.05. The molecule has 0 spiro atoms. The van der Waals surface area contributed by atoms with Crippen molar-refractivity contribution in [1.82, 2.24) is 3.97 Å². The van der Waals surface area contributed by atoms with Crippen molar-refractivity contribution in [2.45, 2.75) is 48.6 Å². The predicted octanol–water partition coefficient (Wildman–Crippen LogP) is 4.03. The van der Waals surface area contributed by atoms with E-state index in [1.807, 2.05) is 48.5 Å². The summed E-state index contributed by atoms with van der Waals surface area (Å²) in [7, 11) is -3.75. The Balaban J connectivity index is 1.12. The summed E-state index contributed by atoms with van der Waals surface area (Å²) < 4.78 is 51.9. The molecule has 198 valence electrons. The van der Waals surface area contributed by atoms with Gasteiger partial charge in [0.05, 0.1) is 29.7 Å². The monoisotopic (exact) mass is 535 g/mol. The zero-order valence-corrected chi connectivity index (χ0v) is 21.4. The van der Waals surface area contributed by atoms with Crippen LogP contribution in [0.4, 0.5) is 0 Å². The third-order valence-electron chi connectivity index (χ3n) is 7.01. The van der Waals surface area contributed by atoms with E-state index in [9.17, 15) is 13.5 Å². The topological polar surface area (TPSA) is 96.2 Å². The van der Waals surface area contributed by atoms with Gasteiger partial charge in [-0.1, -0.05) is 66.7 Å². The predicted molar refractivity (Wildman–Crippen MR) is 140 cm³/mol. The third-order valence-corrected chi connectivity index (χ3v) is 8.70. The molecule has 5 atom stereocenters. The highest BCUT2D eigenvalue weighted by atomic mass is 32.2. The fraction of sp³-hybridized carbons (Fsp3) is 0.310. The van der Waals surface area contributed by atoms with Crippen LogP contribution in [0.1, 0.15) is 23.8 Å². The number of aromatic nitrogens is 1. The molecule has 1 N–H and O–H groups in total. The lowest BCUT2D eigenvalue weighted by Gasteiger charge is -2.43. The van der Waals surface area contributed by atoms with Crippen LogP contribution < -0.4 is 0 Å². The van der Waals surface area contributed by atoms with Crippen molar-refractivity contribution >= 4 is 20.9 Å². The van der Waals surface area contributed by atoms with Crippen molar-refractivity contribution in [1.29, 1.82) is 0 Å². The summed E-state index contributed by atoms with van der Waals surface area (Å²) in [5, 5.41) is 11.6. The number of ether oxygens (including phenoxy) is 4. The quantitative estimate of drug-likeness (QED) is 0.382. The Morgan fingerprint density at radius 2 is 1.61 bits per heavy atom. The number of nitrogens with zero attached hydrogens (tertiary/aromatic N) is 1. The molecule has 8 nitrogen and oxygen atoms in total.